The fourth-order valence-corrected chi connectivity index (χ4v) is 1.85. The van der Waals surface area contributed by atoms with Gasteiger partial charge in [-0.3, -0.25) is 4.79 Å². The molecule has 0 fully saturated rings. The van der Waals surface area contributed by atoms with E-state index in [9.17, 15) is 4.79 Å². The van der Waals surface area contributed by atoms with Crippen molar-refractivity contribution in [1.29, 1.82) is 0 Å². The molecule has 14 heavy (non-hydrogen) atoms. The van der Waals surface area contributed by atoms with Crippen LogP contribution in [0.4, 0.5) is 0 Å². The maximum Gasteiger partial charge on any atom is 0.139 e. The van der Waals surface area contributed by atoms with Gasteiger partial charge in [0.15, 0.2) is 0 Å². The van der Waals surface area contributed by atoms with Crippen LogP contribution in [0.1, 0.15) is 24.0 Å². The number of Topliss-reactive ketones (excluding diaryl/α,β-unsaturated/α-hetero) is 1. The number of hydrogen-bond acceptors (Lipinski definition) is 4. The fraction of sp³-hybridized carbons (Fsp3) is 0.600. The molecule has 1 atom stereocenters. The molecule has 0 aliphatic carbocycles. The third-order valence-corrected chi connectivity index (χ3v) is 2.85. The minimum absolute atomic E-state index is 0.230. The first-order valence-corrected chi connectivity index (χ1v) is 5.62. The highest BCUT2D eigenvalue weighted by Crippen LogP contribution is 2.10. The molecule has 0 aliphatic heterocycles. The van der Waals surface area contributed by atoms with Crippen molar-refractivity contribution in [3.05, 3.63) is 16.1 Å². The van der Waals surface area contributed by atoms with E-state index in [-0.39, 0.29) is 11.7 Å². The summed E-state index contributed by atoms with van der Waals surface area (Å²) in [6.07, 6.45) is 1.02. The number of hydrogen-bond donors (Lipinski definition) is 1. The van der Waals surface area contributed by atoms with E-state index in [1.165, 1.54) is 0 Å². The van der Waals surface area contributed by atoms with Crippen molar-refractivity contribution in [2.45, 2.75) is 26.7 Å². The van der Waals surface area contributed by atoms with Crippen LogP contribution in [-0.4, -0.2) is 17.3 Å². The lowest BCUT2D eigenvalue weighted by Gasteiger charge is -2.05. The molecule has 1 heterocycles. The van der Waals surface area contributed by atoms with Crippen LogP contribution >= 0.6 is 11.3 Å². The van der Waals surface area contributed by atoms with Gasteiger partial charge in [-0.15, -0.1) is 11.3 Å². The molecule has 0 bridgehead atoms. The van der Waals surface area contributed by atoms with E-state index < -0.39 is 0 Å². The second kappa shape index (κ2) is 5.22. The maximum atomic E-state index is 11.5. The highest BCUT2D eigenvalue weighted by Gasteiger charge is 2.09. The fourth-order valence-electron chi connectivity index (χ4n) is 1.24. The highest BCUT2D eigenvalue weighted by molar-refractivity contribution is 7.09. The third kappa shape index (κ3) is 3.55. The van der Waals surface area contributed by atoms with Crippen molar-refractivity contribution in [3.8, 4) is 0 Å². The van der Waals surface area contributed by atoms with Crippen molar-refractivity contribution < 1.29 is 4.79 Å². The summed E-state index contributed by atoms with van der Waals surface area (Å²) in [4.78, 5) is 15.8. The van der Waals surface area contributed by atoms with E-state index >= 15 is 0 Å². The summed E-state index contributed by atoms with van der Waals surface area (Å²) in [6, 6.07) is 0. The predicted octanol–water partition coefficient (Wildman–Crippen LogP) is 1.55. The monoisotopic (exact) mass is 212 g/mol. The average Bonchev–Trinajstić information content (AvgIpc) is 2.50. The van der Waals surface area contributed by atoms with Gasteiger partial charge in [-0.25, -0.2) is 4.98 Å². The summed E-state index contributed by atoms with van der Waals surface area (Å²) in [7, 11) is 0. The molecule has 4 heteroatoms. The number of rotatable bonds is 5. The Morgan fingerprint density at radius 1 is 1.71 bits per heavy atom. The summed E-state index contributed by atoms with van der Waals surface area (Å²) in [6.45, 7) is 4.51. The largest absolute Gasteiger partial charge is 0.330 e. The molecule has 1 rings (SSSR count). The van der Waals surface area contributed by atoms with Gasteiger partial charge in [-0.2, -0.15) is 0 Å². The van der Waals surface area contributed by atoms with Gasteiger partial charge >= 0.3 is 0 Å². The summed E-state index contributed by atoms with van der Waals surface area (Å²) in [5, 5.41) is 2.96. The molecule has 0 aromatic carbocycles. The number of carbonyl (C=O) groups excluding carboxylic acids is 1. The lowest BCUT2D eigenvalue weighted by atomic mass is 10.0. The zero-order chi connectivity index (χ0) is 10.6. The number of carbonyl (C=O) groups is 1. The number of aromatic nitrogens is 1. The first-order chi connectivity index (χ1) is 6.61. The smallest absolute Gasteiger partial charge is 0.139 e. The molecule has 0 radical (unpaired) electrons. The van der Waals surface area contributed by atoms with Gasteiger partial charge in [-0.05, 0) is 19.4 Å². The Bertz CT molecular complexity index is 309. The van der Waals surface area contributed by atoms with Crippen LogP contribution in [0.2, 0.25) is 0 Å². The van der Waals surface area contributed by atoms with E-state index in [0.29, 0.717) is 19.4 Å². The molecule has 2 N–H and O–H groups in total. The summed E-state index contributed by atoms with van der Waals surface area (Å²) >= 11 is 1.58. The van der Waals surface area contributed by atoms with Gasteiger partial charge in [0.2, 0.25) is 0 Å². The first-order valence-electron chi connectivity index (χ1n) is 4.74. The van der Waals surface area contributed by atoms with Crippen LogP contribution in [0.3, 0.4) is 0 Å². The standard InChI is InChI=1S/C10H16N2OS/c1-7(5-11)3-10(13)4-9-6-14-8(2)12-9/h6-7H,3-5,11H2,1-2H3. The topological polar surface area (TPSA) is 56.0 Å². The van der Waals surface area contributed by atoms with E-state index in [2.05, 4.69) is 4.98 Å². The first kappa shape index (κ1) is 11.3. The van der Waals surface area contributed by atoms with Crippen LogP contribution in [0.15, 0.2) is 5.38 Å². The third-order valence-electron chi connectivity index (χ3n) is 2.02. The molecule has 0 spiro atoms. The Hall–Kier alpha value is -0.740. The Balaban J connectivity index is 2.41. The van der Waals surface area contributed by atoms with Crippen LogP contribution < -0.4 is 5.73 Å². The molecule has 3 nitrogen and oxygen atoms in total. The van der Waals surface area contributed by atoms with Gasteiger partial charge < -0.3 is 5.73 Å². The lowest BCUT2D eigenvalue weighted by Crippen LogP contribution is -2.16. The molecule has 0 saturated carbocycles. The van der Waals surface area contributed by atoms with Crippen molar-refractivity contribution >= 4 is 17.1 Å². The Morgan fingerprint density at radius 2 is 2.43 bits per heavy atom. The van der Waals surface area contributed by atoms with Crippen molar-refractivity contribution in [2.24, 2.45) is 11.7 Å². The highest BCUT2D eigenvalue weighted by atomic mass is 32.1. The number of aryl methyl sites for hydroxylation is 1. The summed E-state index contributed by atoms with van der Waals surface area (Å²) in [5.74, 6) is 0.510. The van der Waals surface area contributed by atoms with Crippen LogP contribution in [0.25, 0.3) is 0 Å². The molecule has 0 aliphatic rings. The zero-order valence-electron chi connectivity index (χ0n) is 8.62. The van der Waals surface area contributed by atoms with Crippen molar-refractivity contribution in [2.75, 3.05) is 6.54 Å². The molecule has 78 valence electrons. The second-order valence-electron chi connectivity index (χ2n) is 3.62. The zero-order valence-corrected chi connectivity index (χ0v) is 9.43. The second-order valence-corrected chi connectivity index (χ2v) is 4.68. The van der Waals surface area contributed by atoms with Crippen LogP contribution in [-0.2, 0) is 11.2 Å². The molecular weight excluding hydrogens is 196 g/mol. The van der Waals surface area contributed by atoms with Gasteiger partial charge in [0.1, 0.15) is 5.78 Å². The van der Waals surface area contributed by atoms with E-state index in [1.807, 2.05) is 19.2 Å². The molecule has 0 amide bonds. The van der Waals surface area contributed by atoms with Crippen LogP contribution in [0, 0.1) is 12.8 Å². The number of nitrogens with zero attached hydrogens (tertiary/aromatic N) is 1. The van der Waals surface area contributed by atoms with E-state index in [0.717, 1.165) is 10.7 Å². The lowest BCUT2D eigenvalue weighted by molar-refractivity contribution is -0.119. The molecule has 1 unspecified atom stereocenters. The maximum absolute atomic E-state index is 11.5. The SMILES string of the molecule is Cc1nc(CC(=O)CC(C)CN)cs1. The van der Waals surface area contributed by atoms with Crippen molar-refractivity contribution in [1.82, 2.24) is 4.98 Å². The minimum Gasteiger partial charge on any atom is -0.330 e. The van der Waals surface area contributed by atoms with Crippen molar-refractivity contribution in [3.63, 3.8) is 0 Å². The average molecular weight is 212 g/mol. The van der Waals surface area contributed by atoms with E-state index in [4.69, 9.17) is 5.73 Å². The van der Waals surface area contributed by atoms with Gasteiger partial charge in [0, 0.05) is 18.2 Å². The molecule has 0 saturated heterocycles. The molecule has 1 aromatic rings. The molecular formula is C10H16N2OS. The Morgan fingerprint density at radius 3 is 2.93 bits per heavy atom. The van der Waals surface area contributed by atoms with Crippen LogP contribution in [0.5, 0.6) is 0 Å². The minimum atomic E-state index is 0.230. The van der Waals surface area contributed by atoms with Gasteiger partial charge in [0.05, 0.1) is 10.7 Å². The summed E-state index contributed by atoms with van der Waals surface area (Å²) < 4.78 is 0. The normalized spacial score (nSPS) is 12.8. The van der Waals surface area contributed by atoms with E-state index in [1.54, 1.807) is 11.3 Å². The quantitative estimate of drug-likeness (QED) is 0.805. The molecule has 1 aromatic heterocycles. The number of nitrogens with two attached hydrogens (primary N) is 1. The predicted molar refractivity (Wildman–Crippen MR) is 58.4 cm³/mol. The number of thiazole rings is 1. The Labute approximate surface area is 88.3 Å². The Kier molecular flexibility index (Phi) is 4.22. The van der Waals surface area contributed by atoms with Gasteiger partial charge in [0.25, 0.3) is 0 Å². The summed E-state index contributed by atoms with van der Waals surface area (Å²) in [5.41, 5.74) is 6.34. The van der Waals surface area contributed by atoms with Gasteiger partial charge in [-0.1, -0.05) is 6.92 Å². The number of ketones is 1.